The third-order valence-corrected chi connectivity index (χ3v) is 5.46. The number of esters is 1. The molecule has 0 bridgehead atoms. The molecule has 4 aromatic rings. The Hall–Kier alpha value is -4.26. The zero-order valence-electron chi connectivity index (χ0n) is 17.1. The maximum atomic E-state index is 12.7. The maximum absolute atomic E-state index is 12.7. The average molecular weight is 427 g/mol. The predicted molar refractivity (Wildman–Crippen MR) is 118 cm³/mol. The van der Waals surface area contributed by atoms with Gasteiger partial charge < -0.3 is 9.15 Å². The highest BCUT2D eigenvalue weighted by Gasteiger charge is 2.30. The second-order valence-corrected chi connectivity index (χ2v) is 7.57. The molecule has 7 heteroatoms. The van der Waals surface area contributed by atoms with Gasteiger partial charge in [0.25, 0.3) is 0 Å². The molecule has 3 aromatic carbocycles. The number of amides is 2. The Bertz CT molecular complexity index is 1470. The van der Waals surface area contributed by atoms with Gasteiger partial charge in [0.05, 0.1) is 11.3 Å². The topological polar surface area (TPSA) is 93.9 Å². The van der Waals surface area contributed by atoms with Gasteiger partial charge in [0, 0.05) is 25.2 Å². The molecule has 32 heavy (non-hydrogen) atoms. The molecule has 2 heterocycles. The van der Waals surface area contributed by atoms with Gasteiger partial charge in [0.2, 0.25) is 11.8 Å². The zero-order valence-corrected chi connectivity index (χ0v) is 17.1. The molecule has 0 unspecified atom stereocenters. The van der Waals surface area contributed by atoms with Crippen molar-refractivity contribution in [1.82, 2.24) is 0 Å². The molecule has 0 N–H and O–H groups in total. The minimum Gasteiger partial charge on any atom is -0.427 e. The van der Waals surface area contributed by atoms with Crippen LogP contribution in [0.15, 0.2) is 69.9 Å². The van der Waals surface area contributed by atoms with E-state index in [1.54, 1.807) is 48.5 Å². The van der Waals surface area contributed by atoms with Crippen LogP contribution in [0.2, 0.25) is 0 Å². The summed E-state index contributed by atoms with van der Waals surface area (Å²) < 4.78 is 10.8. The van der Waals surface area contributed by atoms with Crippen molar-refractivity contribution in [2.45, 2.75) is 19.8 Å². The molecule has 0 spiro atoms. The van der Waals surface area contributed by atoms with Crippen molar-refractivity contribution >= 4 is 45.2 Å². The third kappa shape index (κ3) is 3.33. The lowest BCUT2D eigenvalue weighted by Crippen LogP contribution is -2.28. The van der Waals surface area contributed by atoms with Crippen LogP contribution in [0.5, 0.6) is 5.75 Å². The summed E-state index contributed by atoms with van der Waals surface area (Å²) in [5.41, 5.74) is 1.32. The highest BCUT2D eigenvalue weighted by Crippen LogP contribution is 2.31. The number of imide groups is 1. The molecule has 1 saturated heterocycles. The van der Waals surface area contributed by atoms with Gasteiger partial charge in [-0.1, -0.05) is 24.3 Å². The molecule has 0 atom stereocenters. The van der Waals surface area contributed by atoms with E-state index >= 15 is 0 Å². The summed E-state index contributed by atoms with van der Waals surface area (Å²) in [6.45, 7) is 1.33. The first-order chi connectivity index (χ1) is 15.4. The second kappa shape index (κ2) is 7.46. The molecule has 0 aliphatic carbocycles. The molecule has 1 fully saturated rings. The first-order valence-electron chi connectivity index (χ1n) is 10.1. The number of hydrogen-bond donors (Lipinski definition) is 0. The molecule has 2 amide bonds. The van der Waals surface area contributed by atoms with Crippen LogP contribution < -0.4 is 15.3 Å². The Morgan fingerprint density at radius 3 is 2.25 bits per heavy atom. The van der Waals surface area contributed by atoms with Crippen molar-refractivity contribution < 1.29 is 23.5 Å². The van der Waals surface area contributed by atoms with Crippen molar-refractivity contribution in [2.75, 3.05) is 4.90 Å². The minimum atomic E-state index is -0.505. The van der Waals surface area contributed by atoms with E-state index in [1.807, 2.05) is 12.1 Å². The summed E-state index contributed by atoms with van der Waals surface area (Å²) >= 11 is 0. The Labute approximate surface area is 181 Å². The van der Waals surface area contributed by atoms with Crippen LogP contribution in [0.4, 0.5) is 5.69 Å². The number of carbonyl (C=O) groups is 3. The molecule has 0 saturated carbocycles. The second-order valence-electron chi connectivity index (χ2n) is 7.57. The van der Waals surface area contributed by atoms with Crippen molar-refractivity contribution in [2.24, 2.45) is 0 Å². The Morgan fingerprint density at radius 2 is 1.56 bits per heavy atom. The normalized spacial score (nSPS) is 13.8. The first kappa shape index (κ1) is 19.7. The molecule has 1 aliphatic rings. The van der Waals surface area contributed by atoms with Crippen molar-refractivity contribution in [1.29, 1.82) is 0 Å². The van der Waals surface area contributed by atoms with Crippen molar-refractivity contribution in [3.63, 3.8) is 0 Å². The fraction of sp³-hybridized carbons (Fsp3) is 0.120. The number of rotatable bonds is 3. The van der Waals surface area contributed by atoms with E-state index in [4.69, 9.17) is 9.15 Å². The van der Waals surface area contributed by atoms with Crippen LogP contribution in [0.25, 0.3) is 32.9 Å². The maximum Gasteiger partial charge on any atom is 0.344 e. The van der Waals surface area contributed by atoms with Gasteiger partial charge in [-0.3, -0.25) is 19.3 Å². The lowest BCUT2D eigenvalue weighted by Gasteiger charge is -2.14. The van der Waals surface area contributed by atoms with Crippen LogP contribution in [0.1, 0.15) is 19.8 Å². The largest absolute Gasteiger partial charge is 0.427 e. The Kier molecular flexibility index (Phi) is 4.59. The lowest BCUT2D eigenvalue weighted by atomic mass is 10.0. The number of benzene rings is 3. The standard InChI is InChI=1S/C25H17NO6/c1-14(27)31-18-8-4-15-5-9-22-21(19(15)12-18)13-20(25(30)32-22)16-2-6-17(7-3-16)26-23(28)10-11-24(26)29/h2-9,12-13H,10-11H2,1H3. The minimum absolute atomic E-state index is 0.206. The summed E-state index contributed by atoms with van der Waals surface area (Å²) in [6.07, 6.45) is 0.411. The third-order valence-electron chi connectivity index (χ3n) is 5.46. The lowest BCUT2D eigenvalue weighted by molar-refractivity contribution is -0.132. The predicted octanol–water partition coefficient (Wildman–Crippen LogP) is 4.19. The molecular weight excluding hydrogens is 410 g/mol. The Morgan fingerprint density at radius 1 is 0.875 bits per heavy atom. The highest BCUT2D eigenvalue weighted by atomic mass is 16.5. The molecular formula is C25H17NO6. The summed E-state index contributed by atoms with van der Waals surface area (Å²) in [5, 5.41) is 2.37. The molecule has 1 aromatic heterocycles. The summed E-state index contributed by atoms with van der Waals surface area (Å²) in [5.74, 6) is -0.493. The van der Waals surface area contributed by atoms with Gasteiger partial charge in [-0.25, -0.2) is 4.79 Å². The summed E-state index contributed by atoms with van der Waals surface area (Å²) in [6, 6.07) is 17.2. The van der Waals surface area contributed by atoms with E-state index in [0.29, 0.717) is 33.5 Å². The quantitative estimate of drug-likeness (QED) is 0.160. The molecule has 5 rings (SSSR count). The van der Waals surface area contributed by atoms with Crippen molar-refractivity contribution in [3.05, 3.63) is 71.1 Å². The van der Waals surface area contributed by atoms with Crippen LogP contribution >= 0.6 is 0 Å². The van der Waals surface area contributed by atoms with E-state index in [2.05, 4.69) is 0 Å². The fourth-order valence-corrected chi connectivity index (χ4v) is 3.98. The van der Waals surface area contributed by atoms with E-state index in [-0.39, 0.29) is 24.7 Å². The van der Waals surface area contributed by atoms with Gasteiger partial charge in [0.15, 0.2) is 0 Å². The molecule has 7 nitrogen and oxygen atoms in total. The van der Waals surface area contributed by atoms with Crippen LogP contribution in [-0.2, 0) is 14.4 Å². The number of carbonyl (C=O) groups excluding carboxylic acids is 3. The molecule has 1 aliphatic heterocycles. The van der Waals surface area contributed by atoms with Gasteiger partial charge in [-0.05, 0) is 52.7 Å². The van der Waals surface area contributed by atoms with E-state index in [9.17, 15) is 19.2 Å². The summed E-state index contributed by atoms with van der Waals surface area (Å²) in [4.78, 5) is 49.1. The number of hydrogen-bond acceptors (Lipinski definition) is 6. The first-order valence-corrected chi connectivity index (χ1v) is 10.1. The van der Waals surface area contributed by atoms with E-state index in [1.165, 1.54) is 6.92 Å². The number of fused-ring (bicyclic) bond motifs is 3. The van der Waals surface area contributed by atoms with Crippen LogP contribution in [-0.4, -0.2) is 17.8 Å². The Balaban J connectivity index is 1.62. The number of anilines is 1. The van der Waals surface area contributed by atoms with Crippen LogP contribution in [0.3, 0.4) is 0 Å². The SMILES string of the molecule is CC(=O)Oc1ccc2ccc3oc(=O)c(-c4ccc(N5C(=O)CCC5=O)cc4)cc3c2c1. The smallest absolute Gasteiger partial charge is 0.344 e. The highest BCUT2D eigenvalue weighted by molar-refractivity contribution is 6.19. The fourth-order valence-electron chi connectivity index (χ4n) is 3.98. The summed E-state index contributed by atoms with van der Waals surface area (Å²) in [7, 11) is 0. The molecule has 0 radical (unpaired) electrons. The zero-order chi connectivity index (χ0) is 22.4. The van der Waals surface area contributed by atoms with Gasteiger partial charge >= 0.3 is 11.6 Å². The van der Waals surface area contributed by atoms with Crippen LogP contribution in [0, 0.1) is 0 Å². The van der Waals surface area contributed by atoms with E-state index in [0.717, 1.165) is 15.7 Å². The van der Waals surface area contributed by atoms with Gasteiger partial charge in [-0.15, -0.1) is 0 Å². The number of nitrogens with zero attached hydrogens (tertiary/aromatic N) is 1. The monoisotopic (exact) mass is 427 g/mol. The van der Waals surface area contributed by atoms with Gasteiger partial charge in [-0.2, -0.15) is 0 Å². The van der Waals surface area contributed by atoms with E-state index < -0.39 is 11.6 Å². The average Bonchev–Trinajstić information content (AvgIpc) is 3.11. The van der Waals surface area contributed by atoms with Gasteiger partial charge in [0.1, 0.15) is 11.3 Å². The molecule has 158 valence electrons. The number of ether oxygens (including phenoxy) is 1. The van der Waals surface area contributed by atoms with Crippen molar-refractivity contribution in [3.8, 4) is 16.9 Å².